The molecule has 0 fully saturated rings. The topological polar surface area (TPSA) is 39.4 Å². The van der Waals surface area contributed by atoms with E-state index in [-0.39, 0.29) is 5.63 Å². The maximum Gasteiger partial charge on any atom is 0.340 e. The summed E-state index contributed by atoms with van der Waals surface area (Å²) in [5.41, 5.74) is 7.51. The van der Waals surface area contributed by atoms with Crippen molar-refractivity contribution >= 4 is 11.0 Å². The van der Waals surface area contributed by atoms with E-state index >= 15 is 0 Å². The highest BCUT2D eigenvalue weighted by Gasteiger charge is 2.16. The van der Waals surface area contributed by atoms with Crippen molar-refractivity contribution < 1.29 is 9.15 Å². The van der Waals surface area contributed by atoms with Gasteiger partial charge in [0, 0.05) is 22.9 Å². The molecule has 0 unspecified atom stereocenters. The van der Waals surface area contributed by atoms with Gasteiger partial charge in [-0.3, -0.25) is 0 Å². The molecule has 4 rings (SSSR count). The molecule has 1 aromatic heterocycles. The first-order valence-electron chi connectivity index (χ1n) is 10.2. The lowest BCUT2D eigenvalue weighted by Crippen LogP contribution is -2.11. The number of fused-ring (bicyclic) bond motifs is 1. The molecule has 3 aromatic carbocycles. The van der Waals surface area contributed by atoms with Gasteiger partial charge in [-0.05, 0) is 62.1 Å². The molecule has 0 atom stereocenters. The quantitative estimate of drug-likeness (QED) is 0.376. The lowest BCUT2D eigenvalue weighted by atomic mass is 9.98. The molecule has 3 heteroatoms. The molecule has 0 aliphatic rings. The van der Waals surface area contributed by atoms with E-state index in [0.717, 1.165) is 33.4 Å². The Morgan fingerprint density at radius 2 is 1.63 bits per heavy atom. The molecule has 0 saturated carbocycles. The minimum absolute atomic E-state index is 0.279. The van der Waals surface area contributed by atoms with Crippen LogP contribution in [0.25, 0.3) is 11.0 Å². The number of benzene rings is 3. The van der Waals surface area contributed by atoms with Crippen LogP contribution >= 0.6 is 0 Å². The van der Waals surface area contributed by atoms with E-state index in [0.29, 0.717) is 24.2 Å². The highest BCUT2D eigenvalue weighted by Crippen LogP contribution is 2.30. The lowest BCUT2D eigenvalue weighted by Gasteiger charge is -2.14. The predicted octanol–water partition coefficient (Wildman–Crippen LogP) is 6.20. The third kappa shape index (κ3) is 3.88. The normalized spacial score (nSPS) is 11.1. The molecule has 0 bridgehead atoms. The van der Waals surface area contributed by atoms with Gasteiger partial charge < -0.3 is 9.15 Å². The maximum absolute atomic E-state index is 12.8. The van der Waals surface area contributed by atoms with Crippen molar-refractivity contribution in [3.63, 3.8) is 0 Å². The van der Waals surface area contributed by atoms with E-state index in [1.54, 1.807) is 0 Å². The van der Waals surface area contributed by atoms with Crippen LogP contribution in [0.4, 0.5) is 0 Å². The predicted molar refractivity (Wildman–Crippen MR) is 121 cm³/mol. The number of aryl methyl sites for hydroxylation is 4. The van der Waals surface area contributed by atoms with Crippen molar-refractivity contribution in [2.24, 2.45) is 0 Å². The fraction of sp³-hybridized carbons (Fsp3) is 0.222. The summed E-state index contributed by atoms with van der Waals surface area (Å²) in [7, 11) is 0. The third-order valence-electron chi connectivity index (χ3n) is 5.77. The Labute approximate surface area is 176 Å². The molecule has 0 N–H and O–H groups in total. The van der Waals surface area contributed by atoms with Crippen LogP contribution in [0.3, 0.4) is 0 Å². The maximum atomic E-state index is 12.8. The average Bonchev–Trinajstić information content (AvgIpc) is 2.74. The van der Waals surface area contributed by atoms with Gasteiger partial charge in [-0.25, -0.2) is 4.79 Å². The monoisotopic (exact) mass is 398 g/mol. The zero-order chi connectivity index (χ0) is 21.3. The average molecular weight is 399 g/mol. The van der Waals surface area contributed by atoms with Crippen LogP contribution < -0.4 is 10.4 Å². The second kappa shape index (κ2) is 8.19. The van der Waals surface area contributed by atoms with E-state index in [1.807, 2.05) is 56.3 Å². The van der Waals surface area contributed by atoms with Crippen molar-refractivity contribution in [3.8, 4) is 5.75 Å². The molecule has 0 aliphatic carbocycles. The molecule has 0 amide bonds. The Hall–Kier alpha value is -3.33. The van der Waals surface area contributed by atoms with Crippen LogP contribution in [-0.2, 0) is 13.0 Å². The highest BCUT2D eigenvalue weighted by molar-refractivity contribution is 5.85. The minimum atomic E-state index is -0.279. The van der Waals surface area contributed by atoms with Crippen molar-refractivity contribution in [2.75, 3.05) is 0 Å². The van der Waals surface area contributed by atoms with Gasteiger partial charge in [0.1, 0.15) is 17.9 Å². The molecule has 3 nitrogen and oxygen atoms in total. The first-order chi connectivity index (χ1) is 14.4. The van der Waals surface area contributed by atoms with Crippen molar-refractivity contribution in [1.82, 2.24) is 0 Å². The molecule has 0 spiro atoms. The largest absolute Gasteiger partial charge is 0.488 e. The summed E-state index contributed by atoms with van der Waals surface area (Å²) in [5.74, 6) is 0.738. The first-order valence-corrected chi connectivity index (χ1v) is 10.2. The summed E-state index contributed by atoms with van der Waals surface area (Å²) in [5, 5.41) is 0.956. The Morgan fingerprint density at radius 3 is 2.40 bits per heavy atom. The van der Waals surface area contributed by atoms with Gasteiger partial charge in [0.05, 0.1) is 0 Å². The molecule has 0 aliphatic heterocycles. The van der Waals surface area contributed by atoms with Crippen molar-refractivity contribution in [1.29, 1.82) is 0 Å². The SMILES string of the molecule is Cc1ccc(C)c(COc2ccc3c(C)c(Cc4ccccc4)c(=O)oc3c2C)c1. The van der Waals surface area contributed by atoms with E-state index in [1.165, 1.54) is 11.1 Å². The Morgan fingerprint density at radius 1 is 0.867 bits per heavy atom. The van der Waals surface area contributed by atoms with E-state index in [2.05, 4.69) is 32.0 Å². The molecule has 1 heterocycles. The molecule has 0 radical (unpaired) electrons. The summed E-state index contributed by atoms with van der Waals surface area (Å²) in [6, 6.07) is 20.3. The Bertz CT molecular complexity index is 1270. The van der Waals surface area contributed by atoms with Crippen LogP contribution in [0.1, 0.15) is 38.9 Å². The third-order valence-corrected chi connectivity index (χ3v) is 5.77. The smallest absolute Gasteiger partial charge is 0.340 e. The van der Waals surface area contributed by atoms with Gasteiger partial charge in [-0.1, -0.05) is 54.1 Å². The molecule has 152 valence electrons. The van der Waals surface area contributed by atoms with Gasteiger partial charge in [-0.15, -0.1) is 0 Å². The zero-order valence-corrected chi connectivity index (χ0v) is 17.9. The summed E-state index contributed by atoms with van der Waals surface area (Å²) in [6.45, 7) is 8.58. The number of hydrogen-bond donors (Lipinski definition) is 0. The first kappa shape index (κ1) is 20.0. The lowest BCUT2D eigenvalue weighted by molar-refractivity contribution is 0.303. The Balaban J connectivity index is 1.68. The fourth-order valence-corrected chi connectivity index (χ4v) is 3.84. The zero-order valence-electron chi connectivity index (χ0n) is 17.9. The molecule has 4 aromatic rings. The molecule has 30 heavy (non-hydrogen) atoms. The van der Waals surface area contributed by atoms with Crippen molar-refractivity contribution in [3.05, 3.63) is 110 Å². The summed E-state index contributed by atoms with van der Waals surface area (Å²) < 4.78 is 11.9. The van der Waals surface area contributed by atoms with Gasteiger partial charge in [0.25, 0.3) is 0 Å². The van der Waals surface area contributed by atoms with Gasteiger partial charge in [0.2, 0.25) is 0 Å². The number of hydrogen-bond acceptors (Lipinski definition) is 3. The second-order valence-corrected chi connectivity index (χ2v) is 7.94. The fourth-order valence-electron chi connectivity index (χ4n) is 3.84. The van der Waals surface area contributed by atoms with Crippen LogP contribution in [0.5, 0.6) is 5.75 Å². The molecular formula is C27H26O3. The van der Waals surface area contributed by atoms with Crippen molar-refractivity contribution in [2.45, 2.75) is 40.7 Å². The van der Waals surface area contributed by atoms with E-state index in [4.69, 9.17) is 9.15 Å². The number of ether oxygens (including phenoxy) is 1. The minimum Gasteiger partial charge on any atom is -0.488 e. The summed E-state index contributed by atoms with van der Waals surface area (Å²) in [6.07, 6.45) is 0.564. The van der Waals surface area contributed by atoms with Crippen LogP contribution in [-0.4, -0.2) is 0 Å². The van der Waals surface area contributed by atoms with Crippen LogP contribution in [0, 0.1) is 27.7 Å². The van der Waals surface area contributed by atoms with Gasteiger partial charge in [-0.2, -0.15) is 0 Å². The molecule has 0 saturated heterocycles. The summed E-state index contributed by atoms with van der Waals surface area (Å²) >= 11 is 0. The van der Waals surface area contributed by atoms with Gasteiger partial charge in [0.15, 0.2) is 0 Å². The van der Waals surface area contributed by atoms with Crippen LogP contribution in [0.2, 0.25) is 0 Å². The molecular weight excluding hydrogens is 372 g/mol. The van der Waals surface area contributed by atoms with E-state index in [9.17, 15) is 4.79 Å². The number of rotatable bonds is 5. The van der Waals surface area contributed by atoms with Crippen LogP contribution in [0.15, 0.2) is 69.9 Å². The van der Waals surface area contributed by atoms with Gasteiger partial charge >= 0.3 is 5.63 Å². The standard InChI is InChI=1S/C27H26O3/c1-17-10-11-18(2)22(14-17)16-29-25-13-12-23-19(3)24(15-21-8-6-5-7-9-21)27(28)30-26(23)20(25)4/h5-14H,15-16H2,1-4H3. The highest BCUT2D eigenvalue weighted by atomic mass is 16.5. The Kier molecular flexibility index (Phi) is 5.45. The summed E-state index contributed by atoms with van der Waals surface area (Å²) in [4.78, 5) is 12.8. The van der Waals surface area contributed by atoms with E-state index < -0.39 is 0 Å². The second-order valence-electron chi connectivity index (χ2n) is 7.94.